The third-order valence-electron chi connectivity index (χ3n) is 4.90. The summed E-state index contributed by atoms with van der Waals surface area (Å²) in [5, 5.41) is 2.97. The zero-order valence-corrected chi connectivity index (χ0v) is 15.3. The molecule has 4 rings (SSSR count). The van der Waals surface area contributed by atoms with Crippen LogP contribution in [-0.4, -0.2) is 49.7 Å². The molecule has 2 heterocycles. The summed E-state index contributed by atoms with van der Waals surface area (Å²) in [6, 6.07) is 18.0. The summed E-state index contributed by atoms with van der Waals surface area (Å²) in [4.78, 5) is 14.4. The van der Waals surface area contributed by atoms with Gasteiger partial charge >= 0.3 is 0 Å². The van der Waals surface area contributed by atoms with Gasteiger partial charge in [0, 0.05) is 13.1 Å². The molecule has 0 spiro atoms. The lowest BCUT2D eigenvalue weighted by molar-refractivity contribution is -0.122. The molecule has 0 aromatic heterocycles. The third-order valence-corrected chi connectivity index (χ3v) is 4.90. The van der Waals surface area contributed by atoms with Gasteiger partial charge in [-0.2, -0.15) is 0 Å². The maximum Gasteiger partial charge on any atom is 0.234 e. The SMILES string of the molecule is O=C(CN1CC=C(c2ccccc2)CC1)NC[C@@H]1COc2ccccc2O1. The predicted octanol–water partition coefficient (Wildman–Crippen LogP) is 2.73. The maximum absolute atomic E-state index is 12.3. The lowest BCUT2D eigenvalue weighted by Crippen LogP contribution is -2.45. The minimum Gasteiger partial charge on any atom is -0.486 e. The van der Waals surface area contributed by atoms with Crippen molar-refractivity contribution in [3.8, 4) is 11.5 Å². The van der Waals surface area contributed by atoms with Crippen LogP contribution in [0, 0.1) is 0 Å². The molecule has 1 N–H and O–H groups in total. The number of hydrogen-bond acceptors (Lipinski definition) is 4. The van der Waals surface area contributed by atoms with E-state index in [0.29, 0.717) is 19.7 Å². The fraction of sp³-hybridized carbons (Fsp3) is 0.318. The van der Waals surface area contributed by atoms with Gasteiger partial charge in [0.2, 0.25) is 5.91 Å². The number of carbonyl (C=O) groups excluding carboxylic acids is 1. The Balaban J connectivity index is 1.22. The standard InChI is InChI=1S/C22H24N2O3/c25-22(23-14-19-16-26-20-8-4-5-9-21(20)27-19)15-24-12-10-18(11-13-24)17-6-2-1-3-7-17/h1-10,19H,11-16H2,(H,23,25)/t19-/m1/s1. The quantitative estimate of drug-likeness (QED) is 0.886. The van der Waals surface area contributed by atoms with Crippen LogP contribution in [0.15, 0.2) is 60.7 Å². The van der Waals surface area contributed by atoms with Gasteiger partial charge in [0.1, 0.15) is 12.7 Å². The van der Waals surface area contributed by atoms with Gasteiger partial charge < -0.3 is 14.8 Å². The van der Waals surface area contributed by atoms with Crippen LogP contribution in [0.3, 0.4) is 0 Å². The van der Waals surface area contributed by atoms with Gasteiger partial charge in [0.05, 0.1) is 13.1 Å². The van der Waals surface area contributed by atoms with E-state index in [0.717, 1.165) is 31.0 Å². The molecule has 0 aliphatic carbocycles. The van der Waals surface area contributed by atoms with Crippen LogP contribution in [-0.2, 0) is 4.79 Å². The molecule has 0 radical (unpaired) electrons. The predicted molar refractivity (Wildman–Crippen MR) is 105 cm³/mol. The summed E-state index contributed by atoms with van der Waals surface area (Å²) in [6.45, 7) is 3.00. The van der Waals surface area contributed by atoms with Crippen molar-refractivity contribution in [2.45, 2.75) is 12.5 Å². The Kier molecular flexibility index (Phi) is 5.39. The Bertz CT molecular complexity index is 819. The number of carbonyl (C=O) groups is 1. The average molecular weight is 364 g/mol. The lowest BCUT2D eigenvalue weighted by Gasteiger charge is -2.28. The molecule has 1 atom stereocenters. The minimum atomic E-state index is -0.158. The molecule has 0 unspecified atom stereocenters. The average Bonchev–Trinajstić information content (AvgIpc) is 2.73. The highest BCUT2D eigenvalue weighted by Gasteiger charge is 2.22. The van der Waals surface area contributed by atoms with Crippen molar-refractivity contribution in [1.82, 2.24) is 10.2 Å². The number of fused-ring (bicyclic) bond motifs is 1. The number of rotatable bonds is 5. The Morgan fingerprint density at radius 1 is 1.07 bits per heavy atom. The Morgan fingerprint density at radius 2 is 1.85 bits per heavy atom. The molecule has 140 valence electrons. The second-order valence-electron chi connectivity index (χ2n) is 6.88. The fourth-order valence-electron chi connectivity index (χ4n) is 3.42. The normalized spacial score (nSPS) is 19.3. The highest BCUT2D eigenvalue weighted by atomic mass is 16.6. The van der Waals surface area contributed by atoms with Gasteiger partial charge in [-0.1, -0.05) is 48.5 Å². The number of nitrogens with one attached hydrogen (secondary N) is 1. The number of hydrogen-bond donors (Lipinski definition) is 1. The Hall–Kier alpha value is -2.79. The number of nitrogens with zero attached hydrogens (tertiary/aromatic N) is 1. The first-order chi connectivity index (χ1) is 13.3. The van der Waals surface area contributed by atoms with E-state index >= 15 is 0 Å². The minimum absolute atomic E-state index is 0.0222. The summed E-state index contributed by atoms with van der Waals surface area (Å²) in [5.74, 6) is 1.51. The number of para-hydroxylation sites is 2. The van der Waals surface area contributed by atoms with Crippen LogP contribution in [0.5, 0.6) is 11.5 Å². The molecular weight excluding hydrogens is 340 g/mol. The van der Waals surface area contributed by atoms with E-state index in [2.05, 4.69) is 40.6 Å². The van der Waals surface area contributed by atoms with E-state index in [1.807, 2.05) is 30.3 Å². The third kappa shape index (κ3) is 4.49. The Morgan fingerprint density at radius 3 is 2.63 bits per heavy atom. The molecule has 5 heteroatoms. The van der Waals surface area contributed by atoms with Crippen LogP contribution >= 0.6 is 0 Å². The maximum atomic E-state index is 12.3. The van der Waals surface area contributed by atoms with Crippen LogP contribution in [0.1, 0.15) is 12.0 Å². The topological polar surface area (TPSA) is 50.8 Å². The van der Waals surface area contributed by atoms with Gasteiger partial charge in [-0.05, 0) is 29.7 Å². The van der Waals surface area contributed by atoms with Gasteiger partial charge in [0.25, 0.3) is 0 Å². The van der Waals surface area contributed by atoms with E-state index in [1.54, 1.807) is 0 Å². The van der Waals surface area contributed by atoms with E-state index in [1.165, 1.54) is 11.1 Å². The molecule has 2 aromatic rings. The van der Waals surface area contributed by atoms with Gasteiger partial charge in [-0.3, -0.25) is 9.69 Å². The fourth-order valence-corrected chi connectivity index (χ4v) is 3.42. The van der Waals surface area contributed by atoms with Crippen molar-refractivity contribution in [2.75, 3.05) is 32.8 Å². The number of benzene rings is 2. The highest BCUT2D eigenvalue weighted by molar-refractivity contribution is 5.78. The van der Waals surface area contributed by atoms with Crippen molar-refractivity contribution >= 4 is 11.5 Å². The molecule has 2 aliphatic heterocycles. The van der Waals surface area contributed by atoms with Crippen molar-refractivity contribution < 1.29 is 14.3 Å². The summed E-state index contributed by atoms with van der Waals surface area (Å²) in [7, 11) is 0. The first-order valence-electron chi connectivity index (χ1n) is 9.40. The summed E-state index contributed by atoms with van der Waals surface area (Å²) in [5.41, 5.74) is 2.63. The molecule has 0 fully saturated rings. The van der Waals surface area contributed by atoms with Crippen molar-refractivity contribution in [1.29, 1.82) is 0 Å². The van der Waals surface area contributed by atoms with Crippen molar-refractivity contribution in [2.24, 2.45) is 0 Å². The van der Waals surface area contributed by atoms with E-state index in [-0.39, 0.29) is 12.0 Å². The smallest absolute Gasteiger partial charge is 0.234 e. The number of amides is 1. The largest absolute Gasteiger partial charge is 0.486 e. The zero-order valence-electron chi connectivity index (χ0n) is 15.3. The molecule has 27 heavy (non-hydrogen) atoms. The van der Waals surface area contributed by atoms with Gasteiger partial charge in [-0.15, -0.1) is 0 Å². The molecular formula is C22H24N2O3. The molecule has 0 bridgehead atoms. The van der Waals surface area contributed by atoms with Crippen molar-refractivity contribution in [3.05, 3.63) is 66.2 Å². The summed E-state index contributed by atoms with van der Waals surface area (Å²) in [6.07, 6.45) is 3.03. The second-order valence-corrected chi connectivity index (χ2v) is 6.88. The molecule has 2 aliphatic rings. The molecule has 2 aromatic carbocycles. The first-order valence-corrected chi connectivity index (χ1v) is 9.40. The van der Waals surface area contributed by atoms with E-state index < -0.39 is 0 Å². The van der Waals surface area contributed by atoms with Crippen LogP contribution in [0.4, 0.5) is 0 Å². The Labute approximate surface area is 159 Å². The van der Waals surface area contributed by atoms with E-state index in [4.69, 9.17) is 9.47 Å². The molecule has 0 saturated carbocycles. The molecule has 0 saturated heterocycles. The van der Waals surface area contributed by atoms with Crippen LogP contribution in [0.2, 0.25) is 0 Å². The lowest BCUT2D eigenvalue weighted by atomic mass is 10.00. The summed E-state index contributed by atoms with van der Waals surface area (Å²) < 4.78 is 11.6. The zero-order chi connectivity index (χ0) is 18.5. The van der Waals surface area contributed by atoms with Crippen LogP contribution < -0.4 is 14.8 Å². The first kappa shape index (κ1) is 17.6. The number of ether oxygens (including phenoxy) is 2. The second kappa shape index (κ2) is 8.27. The summed E-state index contributed by atoms with van der Waals surface area (Å²) >= 11 is 0. The van der Waals surface area contributed by atoms with Crippen molar-refractivity contribution in [3.63, 3.8) is 0 Å². The monoisotopic (exact) mass is 364 g/mol. The van der Waals surface area contributed by atoms with E-state index in [9.17, 15) is 4.79 Å². The van der Waals surface area contributed by atoms with Gasteiger partial charge in [0.15, 0.2) is 11.5 Å². The van der Waals surface area contributed by atoms with Crippen LogP contribution in [0.25, 0.3) is 5.57 Å². The molecule has 5 nitrogen and oxygen atoms in total. The highest BCUT2D eigenvalue weighted by Crippen LogP contribution is 2.30. The molecule has 1 amide bonds. The van der Waals surface area contributed by atoms with Gasteiger partial charge in [-0.25, -0.2) is 0 Å².